The van der Waals surface area contributed by atoms with Crippen molar-refractivity contribution in [3.8, 4) is 0 Å². The third-order valence-electron chi connectivity index (χ3n) is 2.91. The number of aromatic carboxylic acids is 1. The van der Waals surface area contributed by atoms with Crippen LogP contribution in [0.2, 0.25) is 0 Å². The van der Waals surface area contributed by atoms with Gasteiger partial charge in [0.1, 0.15) is 11.5 Å². The zero-order valence-corrected chi connectivity index (χ0v) is 10.1. The molecule has 4 heteroatoms. The molecule has 0 amide bonds. The molecular formula is C14H14FNO2. The SMILES string of the molecule is CCc1ccc(C(=O)O)n1Cc1ccc(F)cc1. The van der Waals surface area contributed by atoms with Crippen molar-refractivity contribution in [2.24, 2.45) is 0 Å². The summed E-state index contributed by atoms with van der Waals surface area (Å²) in [7, 11) is 0. The highest BCUT2D eigenvalue weighted by Crippen LogP contribution is 2.14. The number of aromatic nitrogens is 1. The third kappa shape index (κ3) is 2.42. The molecule has 0 spiro atoms. The van der Waals surface area contributed by atoms with E-state index in [1.165, 1.54) is 12.1 Å². The molecule has 0 aliphatic heterocycles. The van der Waals surface area contributed by atoms with Crippen LogP contribution in [0.1, 0.15) is 28.7 Å². The van der Waals surface area contributed by atoms with E-state index in [-0.39, 0.29) is 11.5 Å². The smallest absolute Gasteiger partial charge is 0.352 e. The molecular weight excluding hydrogens is 233 g/mol. The average Bonchev–Trinajstić information content (AvgIpc) is 2.75. The third-order valence-corrected chi connectivity index (χ3v) is 2.91. The second-order valence-electron chi connectivity index (χ2n) is 4.08. The van der Waals surface area contributed by atoms with E-state index in [1.54, 1.807) is 22.8 Å². The van der Waals surface area contributed by atoms with Gasteiger partial charge in [-0.05, 0) is 36.2 Å². The van der Waals surface area contributed by atoms with Gasteiger partial charge in [-0.15, -0.1) is 0 Å². The summed E-state index contributed by atoms with van der Waals surface area (Å²) < 4.78 is 14.6. The lowest BCUT2D eigenvalue weighted by atomic mass is 10.2. The molecule has 2 aromatic rings. The van der Waals surface area contributed by atoms with Gasteiger partial charge in [0.2, 0.25) is 0 Å². The summed E-state index contributed by atoms with van der Waals surface area (Å²) >= 11 is 0. The minimum atomic E-state index is -0.947. The molecule has 3 nitrogen and oxygen atoms in total. The maximum absolute atomic E-state index is 12.8. The number of benzene rings is 1. The Hall–Kier alpha value is -2.10. The van der Waals surface area contributed by atoms with Crippen LogP contribution in [0.15, 0.2) is 36.4 Å². The van der Waals surface area contributed by atoms with Crippen molar-refractivity contribution in [3.63, 3.8) is 0 Å². The fourth-order valence-corrected chi connectivity index (χ4v) is 1.96. The second kappa shape index (κ2) is 5.04. The molecule has 0 aliphatic rings. The number of carboxylic acid groups (broad SMARTS) is 1. The van der Waals surface area contributed by atoms with Crippen LogP contribution in [0.25, 0.3) is 0 Å². The van der Waals surface area contributed by atoms with Crippen LogP contribution in [0.4, 0.5) is 4.39 Å². The maximum Gasteiger partial charge on any atom is 0.352 e. The molecule has 1 heterocycles. The Bertz CT molecular complexity index is 558. The molecule has 0 fully saturated rings. The van der Waals surface area contributed by atoms with Crippen molar-refractivity contribution in [3.05, 3.63) is 59.2 Å². The van der Waals surface area contributed by atoms with Crippen molar-refractivity contribution >= 4 is 5.97 Å². The zero-order valence-electron chi connectivity index (χ0n) is 10.1. The molecule has 94 valence electrons. The maximum atomic E-state index is 12.8. The Morgan fingerprint density at radius 1 is 1.22 bits per heavy atom. The quantitative estimate of drug-likeness (QED) is 0.902. The summed E-state index contributed by atoms with van der Waals surface area (Å²) in [4.78, 5) is 11.1. The Morgan fingerprint density at radius 2 is 1.89 bits per heavy atom. The lowest BCUT2D eigenvalue weighted by Gasteiger charge is -2.10. The largest absolute Gasteiger partial charge is 0.477 e. The lowest BCUT2D eigenvalue weighted by molar-refractivity contribution is 0.0685. The fraction of sp³-hybridized carbons (Fsp3) is 0.214. The van der Waals surface area contributed by atoms with Gasteiger partial charge in [0.25, 0.3) is 0 Å². The van der Waals surface area contributed by atoms with Crippen molar-refractivity contribution in [1.82, 2.24) is 4.57 Å². The van der Waals surface area contributed by atoms with E-state index >= 15 is 0 Å². The van der Waals surface area contributed by atoms with Gasteiger partial charge in [0.05, 0.1) is 0 Å². The Balaban J connectivity index is 2.35. The van der Waals surface area contributed by atoms with E-state index < -0.39 is 5.97 Å². The van der Waals surface area contributed by atoms with Crippen LogP contribution in [0.3, 0.4) is 0 Å². The molecule has 0 atom stereocenters. The Kier molecular flexibility index (Phi) is 3.46. The van der Waals surface area contributed by atoms with Gasteiger partial charge in [0.15, 0.2) is 0 Å². The van der Waals surface area contributed by atoms with E-state index in [2.05, 4.69) is 0 Å². The van der Waals surface area contributed by atoms with Gasteiger partial charge < -0.3 is 9.67 Å². The van der Waals surface area contributed by atoms with Crippen LogP contribution < -0.4 is 0 Å². The summed E-state index contributed by atoms with van der Waals surface area (Å²) in [6, 6.07) is 9.51. The second-order valence-corrected chi connectivity index (χ2v) is 4.08. The molecule has 0 saturated carbocycles. The van der Waals surface area contributed by atoms with Gasteiger partial charge in [-0.2, -0.15) is 0 Å². The number of halogens is 1. The van der Waals surface area contributed by atoms with Gasteiger partial charge in [-0.25, -0.2) is 9.18 Å². The van der Waals surface area contributed by atoms with E-state index in [9.17, 15) is 9.18 Å². The normalized spacial score (nSPS) is 10.6. The predicted molar refractivity (Wildman–Crippen MR) is 66.3 cm³/mol. The molecule has 2 rings (SSSR count). The molecule has 0 saturated heterocycles. The summed E-state index contributed by atoms with van der Waals surface area (Å²) in [6.07, 6.45) is 0.758. The van der Waals surface area contributed by atoms with Crippen molar-refractivity contribution in [2.45, 2.75) is 19.9 Å². The van der Waals surface area contributed by atoms with Crippen LogP contribution in [0, 0.1) is 5.82 Å². The number of carbonyl (C=O) groups is 1. The molecule has 0 radical (unpaired) electrons. The van der Waals surface area contributed by atoms with Gasteiger partial charge in [-0.3, -0.25) is 0 Å². The molecule has 1 aromatic heterocycles. The highest BCUT2D eigenvalue weighted by molar-refractivity contribution is 5.86. The predicted octanol–water partition coefficient (Wildman–Crippen LogP) is 2.94. The Labute approximate surface area is 104 Å². The number of carboxylic acids is 1. The minimum Gasteiger partial charge on any atom is -0.477 e. The monoisotopic (exact) mass is 247 g/mol. The van der Waals surface area contributed by atoms with E-state index in [0.717, 1.165) is 17.7 Å². The van der Waals surface area contributed by atoms with Crippen molar-refractivity contribution < 1.29 is 14.3 Å². The van der Waals surface area contributed by atoms with Crippen molar-refractivity contribution in [2.75, 3.05) is 0 Å². The lowest BCUT2D eigenvalue weighted by Crippen LogP contribution is -2.11. The highest BCUT2D eigenvalue weighted by Gasteiger charge is 2.13. The molecule has 18 heavy (non-hydrogen) atoms. The number of nitrogens with zero attached hydrogens (tertiary/aromatic N) is 1. The zero-order chi connectivity index (χ0) is 13.1. The molecule has 1 aromatic carbocycles. The number of hydrogen-bond donors (Lipinski definition) is 1. The van der Waals surface area contributed by atoms with E-state index in [0.29, 0.717) is 6.54 Å². The summed E-state index contributed by atoms with van der Waals surface area (Å²) in [5.74, 6) is -1.24. The Morgan fingerprint density at radius 3 is 2.44 bits per heavy atom. The van der Waals surface area contributed by atoms with Gasteiger partial charge in [-0.1, -0.05) is 19.1 Å². The number of aryl methyl sites for hydroxylation is 1. The van der Waals surface area contributed by atoms with Crippen LogP contribution in [-0.4, -0.2) is 15.6 Å². The van der Waals surface area contributed by atoms with Gasteiger partial charge in [0, 0.05) is 12.2 Å². The number of hydrogen-bond acceptors (Lipinski definition) is 1. The first-order chi connectivity index (χ1) is 8.61. The highest BCUT2D eigenvalue weighted by atomic mass is 19.1. The molecule has 0 aliphatic carbocycles. The topological polar surface area (TPSA) is 42.2 Å². The van der Waals surface area contributed by atoms with Crippen molar-refractivity contribution in [1.29, 1.82) is 0 Å². The molecule has 0 unspecified atom stereocenters. The first-order valence-corrected chi connectivity index (χ1v) is 5.78. The average molecular weight is 247 g/mol. The summed E-state index contributed by atoms with van der Waals surface area (Å²) in [5, 5.41) is 9.12. The van der Waals surface area contributed by atoms with E-state index in [1.807, 2.05) is 13.0 Å². The van der Waals surface area contributed by atoms with E-state index in [4.69, 9.17) is 5.11 Å². The standard InChI is InChI=1S/C14H14FNO2/c1-2-12-7-8-13(14(17)18)16(12)9-10-3-5-11(15)6-4-10/h3-8H,2,9H2,1H3,(H,17,18). The number of rotatable bonds is 4. The van der Waals surface area contributed by atoms with Crippen LogP contribution >= 0.6 is 0 Å². The van der Waals surface area contributed by atoms with Crippen LogP contribution in [0.5, 0.6) is 0 Å². The summed E-state index contributed by atoms with van der Waals surface area (Å²) in [5.41, 5.74) is 2.10. The first-order valence-electron chi connectivity index (χ1n) is 5.78. The molecule has 0 bridgehead atoms. The minimum absolute atomic E-state index is 0.260. The first kappa shape index (κ1) is 12.4. The summed E-state index contributed by atoms with van der Waals surface area (Å²) in [6.45, 7) is 2.42. The molecule has 1 N–H and O–H groups in total. The van der Waals surface area contributed by atoms with Crippen LogP contribution in [-0.2, 0) is 13.0 Å². The van der Waals surface area contributed by atoms with Gasteiger partial charge >= 0.3 is 5.97 Å². The fourth-order valence-electron chi connectivity index (χ4n) is 1.96.